The third kappa shape index (κ3) is 6.62. The number of hydrazine groups is 1. The number of hydrogen-bond donors (Lipinski definition) is 3. The molecule has 178 valence electrons. The summed E-state index contributed by atoms with van der Waals surface area (Å²) in [6, 6.07) is 8.25. The second-order valence-electron chi connectivity index (χ2n) is 7.63. The maximum atomic E-state index is 12.8. The second-order valence-corrected chi connectivity index (χ2v) is 9.33. The van der Waals surface area contributed by atoms with Crippen molar-refractivity contribution in [3.63, 3.8) is 0 Å². The fourth-order valence-electron chi connectivity index (χ4n) is 3.27. The van der Waals surface area contributed by atoms with Crippen LogP contribution < -0.4 is 15.6 Å². The number of carbonyl (C=O) groups excluding carboxylic acids is 3. The van der Waals surface area contributed by atoms with Crippen LogP contribution >= 0.6 is 0 Å². The van der Waals surface area contributed by atoms with E-state index in [1.807, 2.05) is 20.8 Å². The summed E-state index contributed by atoms with van der Waals surface area (Å²) in [5, 5.41) is 0. The molecule has 0 radical (unpaired) electrons. The molecule has 0 heterocycles. The number of esters is 1. The third-order valence-corrected chi connectivity index (χ3v) is 7.27. The first-order valence-corrected chi connectivity index (χ1v) is 11.8. The molecule has 33 heavy (non-hydrogen) atoms. The Morgan fingerprint density at radius 1 is 0.818 bits per heavy atom. The maximum absolute atomic E-state index is 12.8. The molecule has 0 spiro atoms. The van der Waals surface area contributed by atoms with E-state index in [0.717, 1.165) is 16.7 Å². The van der Waals surface area contributed by atoms with Gasteiger partial charge in [0.2, 0.25) is 10.0 Å². The van der Waals surface area contributed by atoms with Gasteiger partial charge in [0.05, 0.1) is 11.3 Å². The molecule has 0 fully saturated rings. The molecule has 2 amide bonds. The van der Waals surface area contributed by atoms with Crippen molar-refractivity contribution in [3.05, 3.63) is 63.7 Å². The summed E-state index contributed by atoms with van der Waals surface area (Å²) in [4.78, 5) is 35.7. The fourth-order valence-corrected chi connectivity index (χ4v) is 4.90. The van der Waals surface area contributed by atoms with Crippen LogP contribution in [0.2, 0.25) is 0 Å². The zero-order valence-electron chi connectivity index (χ0n) is 19.4. The van der Waals surface area contributed by atoms with E-state index in [1.165, 1.54) is 0 Å². The first kappa shape index (κ1) is 26.0. The number of nitrogens with one attached hydrogen (secondary N) is 3. The lowest BCUT2D eigenvalue weighted by Crippen LogP contribution is -2.43. The maximum Gasteiger partial charge on any atom is 0.307 e. The van der Waals surface area contributed by atoms with Crippen molar-refractivity contribution in [3.8, 4) is 0 Å². The topological polar surface area (TPSA) is 131 Å². The van der Waals surface area contributed by atoms with Gasteiger partial charge in [0.15, 0.2) is 6.61 Å². The van der Waals surface area contributed by atoms with Gasteiger partial charge in [-0.15, -0.1) is 0 Å². The molecule has 0 aliphatic heterocycles. The molecule has 0 saturated heterocycles. The van der Waals surface area contributed by atoms with E-state index in [1.54, 1.807) is 44.2 Å². The fraction of sp³-hybridized carbons (Fsp3) is 0.348. The van der Waals surface area contributed by atoms with E-state index < -0.39 is 34.4 Å². The Kier molecular flexibility index (Phi) is 8.72. The predicted octanol–water partition coefficient (Wildman–Crippen LogP) is 1.90. The highest BCUT2D eigenvalue weighted by Crippen LogP contribution is 2.29. The molecule has 0 aromatic heterocycles. The summed E-state index contributed by atoms with van der Waals surface area (Å²) < 4.78 is 32.9. The van der Waals surface area contributed by atoms with Crippen molar-refractivity contribution in [2.75, 3.05) is 13.2 Å². The van der Waals surface area contributed by atoms with Gasteiger partial charge in [-0.05, 0) is 74.6 Å². The standard InChI is InChI=1S/C23H29N3O6S/c1-14-15(2)17(4)22(18(5)16(14)3)33(30,31)24-12-11-21(28)32-13-20(27)25-26-23(29)19-9-7-6-8-10-19/h6-10,24H,11-13H2,1-5H3,(H,25,27)(H,26,29). The van der Waals surface area contributed by atoms with Crippen molar-refractivity contribution >= 4 is 27.8 Å². The van der Waals surface area contributed by atoms with Gasteiger partial charge in [-0.1, -0.05) is 18.2 Å². The summed E-state index contributed by atoms with van der Waals surface area (Å²) >= 11 is 0. The first-order chi connectivity index (χ1) is 15.5. The molecule has 2 aromatic rings. The zero-order chi connectivity index (χ0) is 24.8. The molecule has 2 rings (SSSR count). The molecular formula is C23H29N3O6S. The van der Waals surface area contributed by atoms with Crippen LogP contribution in [0.5, 0.6) is 0 Å². The summed E-state index contributed by atoms with van der Waals surface area (Å²) in [6.07, 6.45) is -0.259. The third-order valence-electron chi connectivity index (χ3n) is 5.54. The van der Waals surface area contributed by atoms with Crippen molar-refractivity contribution in [2.24, 2.45) is 0 Å². The van der Waals surface area contributed by atoms with Crippen molar-refractivity contribution in [2.45, 2.75) is 45.9 Å². The Bertz CT molecular complexity index is 1130. The predicted molar refractivity (Wildman–Crippen MR) is 123 cm³/mol. The van der Waals surface area contributed by atoms with E-state index >= 15 is 0 Å². The van der Waals surface area contributed by atoms with Gasteiger partial charge in [-0.25, -0.2) is 13.1 Å². The Morgan fingerprint density at radius 2 is 1.36 bits per heavy atom. The van der Waals surface area contributed by atoms with Crippen LogP contribution in [0.4, 0.5) is 0 Å². The Balaban J connectivity index is 1.82. The molecule has 2 aromatic carbocycles. The van der Waals surface area contributed by atoms with E-state index in [-0.39, 0.29) is 17.9 Å². The number of benzene rings is 2. The number of carbonyl (C=O) groups is 3. The van der Waals surface area contributed by atoms with Crippen molar-refractivity contribution in [1.82, 2.24) is 15.6 Å². The minimum absolute atomic E-state index is 0.182. The van der Waals surface area contributed by atoms with Gasteiger partial charge in [-0.3, -0.25) is 25.2 Å². The molecule has 0 aliphatic carbocycles. The summed E-state index contributed by atoms with van der Waals surface area (Å²) in [5.74, 6) is -2.01. The monoisotopic (exact) mass is 475 g/mol. The van der Waals surface area contributed by atoms with E-state index in [4.69, 9.17) is 4.74 Å². The highest BCUT2D eigenvalue weighted by atomic mass is 32.2. The molecule has 0 bridgehead atoms. The molecular weight excluding hydrogens is 446 g/mol. The SMILES string of the molecule is Cc1c(C)c(C)c(S(=O)(=O)NCCC(=O)OCC(=O)NNC(=O)c2ccccc2)c(C)c1C. The number of rotatable bonds is 8. The Hall–Kier alpha value is -3.24. The Labute approximate surface area is 193 Å². The van der Waals surface area contributed by atoms with E-state index in [2.05, 4.69) is 15.6 Å². The van der Waals surface area contributed by atoms with Crippen LogP contribution in [0, 0.1) is 34.6 Å². The number of hydrogen-bond acceptors (Lipinski definition) is 6. The van der Waals surface area contributed by atoms with Gasteiger partial charge in [0.25, 0.3) is 11.8 Å². The van der Waals surface area contributed by atoms with Gasteiger partial charge >= 0.3 is 5.97 Å². The lowest BCUT2D eigenvalue weighted by atomic mass is 9.95. The second kappa shape index (κ2) is 11.1. The lowest BCUT2D eigenvalue weighted by molar-refractivity contribution is -0.148. The molecule has 10 heteroatoms. The molecule has 3 N–H and O–H groups in total. The lowest BCUT2D eigenvalue weighted by Gasteiger charge is -2.19. The van der Waals surface area contributed by atoms with Crippen LogP contribution in [-0.2, 0) is 24.3 Å². The highest BCUT2D eigenvalue weighted by Gasteiger charge is 2.23. The average molecular weight is 476 g/mol. The van der Waals surface area contributed by atoms with E-state index in [9.17, 15) is 22.8 Å². The smallest absolute Gasteiger partial charge is 0.307 e. The van der Waals surface area contributed by atoms with Crippen LogP contribution in [0.3, 0.4) is 0 Å². The number of amides is 2. The molecule has 9 nitrogen and oxygen atoms in total. The molecule has 0 aliphatic rings. The van der Waals surface area contributed by atoms with E-state index in [0.29, 0.717) is 16.7 Å². The molecule has 0 unspecified atom stereocenters. The molecule has 0 saturated carbocycles. The molecule has 0 atom stereocenters. The first-order valence-electron chi connectivity index (χ1n) is 10.3. The summed E-state index contributed by atoms with van der Waals surface area (Å²) in [6.45, 7) is 8.42. The number of sulfonamides is 1. The average Bonchev–Trinajstić information content (AvgIpc) is 2.78. The zero-order valence-corrected chi connectivity index (χ0v) is 20.2. The van der Waals surface area contributed by atoms with Crippen LogP contribution in [-0.4, -0.2) is 39.4 Å². The minimum Gasteiger partial charge on any atom is -0.455 e. The van der Waals surface area contributed by atoms with Gasteiger partial charge in [-0.2, -0.15) is 0 Å². The van der Waals surface area contributed by atoms with Crippen molar-refractivity contribution in [1.29, 1.82) is 0 Å². The summed E-state index contributed by atoms with van der Waals surface area (Å²) in [5.41, 5.74) is 8.89. The van der Waals surface area contributed by atoms with Gasteiger partial charge in [0, 0.05) is 12.1 Å². The Morgan fingerprint density at radius 3 is 1.94 bits per heavy atom. The summed E-state index contributed by atoms with van der Waals surface area (Å²) in [7, 11) is -3.84. The van der Waals surface area contributed by atoms with Gasteiger partial charge in [0.1, 0.15) is 0 Å². The van der Waals surface area contributed by atoms with Crippen LogP contribution in [0.25, 0.3) is 0 Å². The normalized spacial score (nSPS) is 11.1. The quantitative estimate of drug-likeness (QED) is 0.395. The minimum atomic E-state index is -3.84. The van der Waals surface area contributed by atoms with Crippen molar-refractivity contribution < 1.29 is 27.5 Å². The largest absolute Gasteiger partial charge is 0.455 e. The highest BCUT2D eigenvalue weighted by molar-refractivity contribution is 7.89. The van der Waals surface area contributed by atoms with Crippen LogP contribution in [0.1, 0.15) is 44.6 Å². The van der Waals surface area contributed by atoms with Gasteiger partial charge < -0.3 is 4.74 Å². The number of ether oxygens (including phenoxy) is 1. The van der Waals surface area contributed by atoms with Crippen LogP contribution in [0.15, 0.2) is 35.2 Å².